The number of nitrogens with zero attached hydrogens (tertiary/aromatic N) is 2. The number of rotatable bonds is 9. The van der Waals surface area contributed by atoms with Crippen molar-refractivity contribution >= 4 is 29.1 Å². The Hall–Kier alpha value is -4.57. The Morgan fingerprint density at radius 2 is 1.52 bits per heavy atom. The second-order valence-corrected chi connectivity index (χ2v) is 11.4. The zero-order valence-corrected chi connectivity index (χ0v) is 25.4. The molecule has 1 saturated heterocycles. The molecule has 0 aromatic heterocycles. The second-order valence-electron chi connectivity index (χ2n) is 11.4. The number of carbonyl (C=O) groups excluding carboxylic acids is 3. The van der Waals surface area contributed by atoms with E-state index in [2.05, 4.69) is 15.5 Å². The van der Waals surface area contributed by atoms with Crippen molar-refractivity contribution in [2.45, 2.75) is 44.2 Å². The first kappa shape index (κ1) is 30.9. The lowest BCUT2D eigenvalue weighted by atomic mass is 9.91. The van der Waals surface area contributed by atoms with Crippen molar-refractivity contribution in [3.63, 3.8) is 0 Å². The van der Waals surface area contributed by atoms with Gasteiger partial charge in [0.1, 0.15) is 11.5 Å². The summed E-state index contributed by atoms with van der Waals surface area (Å²) in [5.74, 6) is 0.950. The molecular formula is C34H41N5O5. The summed E-state index contributed by atoms with van der Waals surface area (Å²) < 4.78 is 10.5. The van der Waals surface area contributed by atoms with Gasteiger partial charge in [0.2, 0.25) is 5.91 Å². The van der Waals surface area contributed by atoms with Gasteiger partial charge >= 0.3 is 0 Å². The molecule has 0 atom stereocenters. The van der Waals surface area contributed by atoms with Crippen molar-refractivity contribution in [1.82, 2.24) is 10.2 Å². The summed E-state index contributed by atoms with van der Waals surface area (Å²) >= 11 is 0. The largest absolute Gasteiger partial charge is 0.497 e. The molecule has 1 saturated carbocycles. The molecule has 3 aromatic rings. The third-order valence-electron chi connectivity index (χ3n) is 8.39. The van der Waals surface area contributed by atoms with Gasteiger partial charge in [-0.3, -0.25) is 14.4 Å². The number of nitrogens with two attached hydrogens (primary N) is 1. The van der Waals surface area contributed by atoms with Gasteiger partial charge in [0.15, 0.2) is 0 Å². The lowest BCUT2D eigenvalue weighted by molar-refractivity contribution is -0.115. The van der Waals surface area contributed by atoms with Gasteiger partial charge in [-0.2, -0.15) is 0 Å². The molecule has 5 rings (SSSR count). The van der Waals surface area contributed by atoms with Crippen LogP contribution in [0.4, 0.5) is 11.4 Å². The van der Waals surface area contributed by atoms with Crippen LogP contribution in [-0.2, 0) is 11.2 Å². The third-order valence-corrected chi connectivity index (χ3v) is 8.39. The molecule has 1 heterocycles. The highest BCUT2D eigenvalue weighted by Gasteiger charge is 2.26. The molecule has 3 aromatic carbocycles. The Balaban J connectivity index is 1.31. The molecule has 2 aliphatic rings. The van der Waals surface area contributed by atoms with E-state index in [0.717, 1.165) is 42.7 Å². The third kappa shape index (κ3) is 7.68. The van der Waals surface area contributed by atoms with Crippen LogP contribution in [0.15, 0.2) is 66.7 Å². The van der Waals surface area contributed by atoms with Crippen LogP contribution < -0.4 is 30.7 Å². The van der Waals surface area contributed by atoms with Crippen LogP contribution in [0.5, 0.6) is 11.5 Å². The number of hydrogen-bond donors (Lipinski definition) is 3. The van der Waals surface area contributed by atoms with Crippen LogP contribution in [-0.4, -0.2) is 75.1 Å². The summed E-state index contributed by atoms with van der Waals surface area (Å²) in [4.78, 5) is 43.6. The average Bonchev–Trinajstić information content (AvgIpc) is 3.06. The molecular weight excluding hydrogens is 558 g/mol. The van der Waals surface area contributed by atoms with E-state index in [9.17, 15) is 14.4 Å². The van der Waals surface area contributed by atoms with Crippen LogP contribution in [0.3, 0.4) is 0 Å². The van der Waals surface area contributed by atoms with Gasteiger partial charge < -0.3 is 35.6 Å². The first-order valence-electron chi connectivity index (χ1n) is 15.1. The highest BCUT2D eigenvalue weighted by Crippen LogP contribution is 2.30. The lowest BCUT2D eigenvalue weighted by Crippen LogP contribution is -2.49. The number of benzene rings is 3. The Morgan fingerprint density at radius 3 is 2.20 bits per heavy atom. The van der Waals surface area contributed by atoms with Gasteiger partial charge in [0.25, 0.3) is 11.8 Å². The highest BCUT2D eigenvalue weighted by atomic mass is 16.5. The average molecular weight is 600 g/mol. The summed E-state index contributed by atoms with van der Waals surface area (Å²) in [6, 6.07) is 20.2. The number of nitrogens with one attached hydrogen (secondary N) is 2. The standard InChI is InChI=1S/C34H41N5O5/c1-43-28-13-6-23(7-14-28)20-32(40)37-30-22-24(33(41)36-27-11-9-26(35)10-12-27)8-15-31(30)38-16-18-39(19-17-38)34(42)25-4-3-5-29(21-25)44-2/h3-8,13-15,21-22,26-27H,9-12,16-20,35H2,1-2H3,(H,36,41)(H,37,40). The first-order chi connectivity index (χ1) is 21.3. The van der Waals surface area contributed by atoms with E-state index < -0.39 is 0 Å². The monoisotopic (exact) mass is 599 g/mol. The number of piperazine rings is 1. The Kier molecular flexibility index (Phi) is 10.0. The minimum absolute atomic E-state index is 0.0488. The molecule has 0 radical (unpaired) electrons. The summed E-state index contributed by atoms with van der Waals surface area (Å²) in [5.41, 5.74) is 9.32. The first-order valence-corrected chi connectivity index (χ1v) is 15.1. The van der Waals surface area contributed by atoms with Gasteiger partial charge in [0, 0.05) is 49.4 Å². The SMILES string of the molecule is COc1ccc(CC(=O)Nc2cc(C(=O)NC3CCC(N)CC3)ccc2N2CCN(C(=O)c3cccc(OC)c3)CC2)cc1. The molecule has 0 spiro atoms. The van der Waals surface area contributed by atoms with Crippen molar-refractivity contribution in [3.05, 3.63) is 83.4 Å². The van der Waals surface area contributed by atoms with Crippen molar-refractivity contribution in [2.24, 2.45) is 5.73 Å². The Labute approximate surface area is 258 Å². The van der Waals surface area contributed by atoms with Gasteiger partial charge in [-0.1, -0.05) is 18.2 Å². The smallest absolute Gasteiger partial charge is 0.254 e. The van der Waals surface area contributed by atoms with Crippen molar-refractivity contribution in [2.75, 3.05) is 50.6 Å². The predicted octanol–water partition coefficient (Wildman–Crippen LogP) is 3.85. The minimum atomic E-state index is -0.193. The van der Waals surface area contributed by atoms with Crippen molar-refractivity contribution in [3.8, 4) is 11.5 Å². The molecule has 4 N–H and O–H groups in total. The number of carbonyl (C=O) groups is 3. The van der Waals surface area contributed by atoms with E-state index in [4.69, 9.17) is 15.2 Å². The quantitative estimate of drug-likeness (QED) is 0.341. The fourth-order valence-electron chi connectivity index (χ4n) is 5.80. The fourth-order valence-corrected chi connectivity index (χ4v) is 5.80. The molecule has 232 valence electrons. The van der Waals surface area contributed by atoms with E-state index in [-0.39, 0.29) is 36.2 Å². The van der Waals surface area contributed by atoms with Crippen LogP contribution in [0.25, 0.3) is 0 Å². The molecule has 1 aliphatic carbocycles. The van der Waals surface area contributed by atoms with Crippen molar-refractivity contribution < 1.29 is 23.9 Å². The topological polar surface area (TPSA) is 126 Å². The number of hydrogen-bond acceptors (Lipinski definition) is 7. The normalized spacial score (nSPS) is 18.3. The van der Waals surface area contributed by atoms with Crippen LogP contribution in [0.1, 0.15) is 52.0 Å². The number of ether oxygens (including phenoxy) is 2. The van der Waals surface area contributed by atoms with E-state index in [1.807, 2.05) is 47.4 Å². The molecule has 1 aliphatic heterocycles. The Morgan fingerprint density at radius 1 is 0.818 bits per heavy atom. The van der Waals surface area contributed by atoms with E-state index in [1.165, 1.54) is 0 Å². The van der Waals surface area contributed by atoms with Gasteiger partial charge in [0.05, 0.1) is 32.0 Å². The zero-order chi connectivity index (χ0) is 31.1. The van der Waals surface area contributed by atoms with Crippen LogP contribution in [0.2, 0.25) is 0 Å². The number of methoxy groups -OCH3 is 2. The molecule has 0 unspecified atom stereocenters. The molecule has 2 fully saturated rings. The maximum absolute atomic E-state index is 13.2. The number of anilines is 2. The minimum Gasteiger partial charge on any atom is -0.497 e. The van der Waals surface area contributed by atoms with E-state index in [1.54, 1.807) is 38.5 Å². The second kappa shape index (κ2) is 14.3. The van der Waals surface area contributed by atoms with Gasteiger partial charge in [-0.25, -0.2) is 0 Å². The summed E-state index contributed by atoms with van der Waals surface area (Å²) in [6.07, 6.45) is 3.67. The molecule has 3 amide bonds. The maximum Gasteiger partial charge on any atom is 0.254 e. The van der Waals surface area contributed by atoms with E-state index in [0.29, 0.717) is 48.7 Å². The fraction of sp³-hybridized carbons (Fsp3) is 0.382. The van der Waals surface area contributed by atoms with Crippen LogP contribution >= 0.6 is 0 Å². The molecule has 10 nitrogen and oxygen atoms in total. The van der Waals surface area contributed by atoms with Gasteiger partial charge in [-0.15, -0.1) is 0 Å². The molecule has 10 heteroatoms. The van der Waals surface area contributed by atoms with Crippen LogP contribution in [0, 0.1) is 0 Å². The van der Waals surface area contributed by atoms with Gasteiger partial charge in [-0.05, 0) is 79.8 Å². The maximum atomic E-state index is 13.2. The summed E-state index contributed by atoms with van der Waals surface area (Å²) in [6.45, 7) is 2.18. The highest BCUT2D eigenvalue weighted by molar-refractivity contribution is 6.00. The zero-order valence-electron chi connectivity index (χ0n) is 25.4. The number of amides is 3. The van der Waals surface area contributed by atoms with E-state index >= 15 is 0 Å². The summed E-state index contributed by atoms with van der Waals surface area (Å²) in [5, 5.41) is 6.20. The predicted molar refractivity (Wildman–Crippen MR) is 171 cm³/mol. The summed E-state index contributed by atoms with van der Waals surface area (Å²) in [7, 11) is 3.18. The Bertz CT molecular complexity index is 1460. The molecule has 44 heavy (non-hydrogen) atoms. The molecule has 0 bridgehead atoms. The lowest BCUT2D eigenvalue weighted by Gasteiger charge is -2.37. The van der Waals surface area contributed by atoms with Crippen molar-refractivity contribution in [1.29, 1.82) is 0 Å².